The maximum absolute atomic E-state index is 13.5. The quantitative estimate of drug-likeness (QED) is 0.795. The molecule has 1 aromatic rings. The van der Waals surface area contributed by atoms with Crippen molar-refractivity contribution >= 4 is 5.97 Å². The summed E-state index contributed by atoms with van der Waals surface area (Å²) in [5.74, 6) is -1.24. The second-order valence-corrected chi connectivity index (χ2v) is 5.37. The van der Waals surface area contributed by atoms with Crippen molar-refractivity contribution in [1.82, 2.24) is 5.32 Å². The highest BCUT2D eigenvalue weighted by molar-refractivity contribution is 5.87. The van der Waals surface area contributed by atoms with E-state index in [1.54, 1.807) is 6.07 Å². The Kier molecular flexibility index (Phi) is 5.96. The van der Waals surface area contributed by atoms with Gasteiger partial charge in [-0.05, 0) is 43.4 Å². The van der Waals surface area contributed by atoms with Crippen LogP contribution in [-0.4, -0.2) is 17.1 Å². The van der Waals surface area contributed by atoms with Crippen LogP contribution >= 0.6 is 0 Å². The first-order valence-corrected chi connectivity index (χ1v) is 6.65. The van der Waals surface area contributed by atoms with Gasteiger partial charge in [0.25, 0.3) is 0 Å². The van der Waals surface area contributed by atoms with Gasteiger partial charge in [-0.1, -0.05) is 19.9 Å². The highest BCUT2D eigenvalue weighted by Gasteiger charge is 2.10. The van der Waals surface area contributed by atoms with Crippen LogP contribution in [-0.2, 0) is 6.54 Å². The molecule has 19 heavy (non-hydrogen) atoms. The second kappa shape index (κ2) is 7.24. The topological polar surface area (TPSA) is 49.3 Å². The van der Waals surface area contributed by atoms with Crippen LogP contribution in [0.1, 0.15) is 49.5 Å². The molecule has 0 radical (unpaired) electrons. The first-order chi connectivity index (χ1) is 8.90. The van der Waals surface area contributed by atoms with Crippen LogP contribution in [0.15, 0.2) is 18.2 Å². The minimum atomic E-state index is -1.23. The molecule has 1 aromatic carbocycles. The Bertz CT molecular complexity index is 432. The van der Waals surface area contributed by atoms with Gasteiger partial charge in [0.05, 0.1) is 5.56 Å². The van der Waals surface area contributed by atoms with Crippen molar-refractivity contribution in [3.8, 4) is 0 Å². The summed E-state index contributed by atoms with van der Waals surface area (Å²) in [7, 11) is 0. The molecule has 2 N–H and O–H groups in total. The predicted octanol–water partition coefficient (Wildman–Crippen LogP) is 3.44. The fraction of sp³-hybridized carbons (Fsp3) is 0.533. The Morgan fingerprint density at radius 1 is 1.32 bits per heavy atom. The summed E-state index contributed by atoms with van der Waals surface area (Å²) in [5.41, 5.74) is 0.482. The molecular weight excluding hydrogens is 245 g/mol. The van der Waals surface area contributed by atoms with Gasteiger partial charge < -0.3 is 10.4 Å². The summed E-state index contributed by atoms with van der Waals surface area (Å²) in [6, 6.07) is 4.61. The van der Waals surface area contributed by atoms with Crippen molar-refractivity contribution in [3.63, 3.8) is 0 Å². The lowest BCUT2D eigenvalue weighted by Gasteiger charge is -2.15. The summed E-state index contributed by atoms with van der Waals surface area (Å²) < 4.78 is 13.5. The first-order valence-electron chi connectivity index (χ1n) is 6.65. The standard InChI is InChI=1S/C15H22FNO2/c1-10(2)4-5-11(3)17-9-12-6-7-13(15(18)19)14(16)8-12/h6-8,10-11,17H,4-5,9H2,1-3H3,(H,18,19). The number of nitrogens with one attached hydrogen (secondary N) is 1. The highest BCUT2D eigenvalue weighted by Crippen LogP contribution is 2.11. The summed E-state index contributed by atoms with van der Waals surface area (Å²) >= 11 is 0. The maximum atomic E-state index is 13.5. The third-order valence-electron chi connectivity index (χ3n) is 3.10. The Hall–Kier alpha value is -1.42. The van der Waals surface area contributed by atoms with E-state index in [4.69, 9.17) is 5.11 Å². The van der Waals surface area contributed by atoms with Crippen LogP contribution in [0.4, 0.5) is 4.39 Å². The van der Waals surface area contributed by atoms with Gasteiger partial charge in [0, 0.05) is 12.6 Å². The lowest BCUT2D eigenvalue weighted by Crippen LogP contribution is -2.25. The molecule has 0 aliphatic heterocycles. The van der Waals surface area contributed by atoms with Crippen molar-refractivity contribution in [1.29, 1.82) is 0 Å². The first kappa shape index (κ1) is 15.6. The van der Waals surface area contributed by atoms with E-state index in [0.717, 1.165) is 18.4 Å². The summed E-state index contributed by atoms with van der Waals surface area (Å²) in [4.78, 5) is 10.7. The molecule has 0 amide bonds. The number of hydrogen-bond donors (Lipinski definition) is 2. The molecule has 106 valence electrons. The smallest absolute Gasteiger partial charge is 0.338 e. The summed E-state index contributed by atoms with van der Waals surface area (Å²) in [6.07, 6.45) is 2.23. The number of carboxylic acid groups (broad SMARTS) is 1. The van der Waals surface area contributed by atoms with E-state index < -0.39 is 11.8 Å². The number of rotatable bonds is 7. The zero-order chi connectivity index (χ0) is 14.4. The lowest BCUT2D eigenvalue weighted by molar-refractivity contribution is 0.0692. The van der Waals surface area contributed by atoms with Crippen LogP contribution in [0, 0.1) is 11.7 Å². The number of aromatic carboxylic acids is 1. The fourth-order valence-electron chi connectivity index (χ4n) is 1.82. The van der Waals surface area contributed by atoms with Crippen molar-refractivity contribution in [3.05, 3.63) is 35.1 Å². The van der Waals surface area contributed by atoms with Gasteiger partial charge in [-0.25, -0.2) is 9.18 Å². The fourth-order valence-corrected chi connectivity index (χ4v) is 1.82. The van der Waals surface area contributed by atoms with Gasteiger partial charge in [0.2, 0.25) is 0 Å². The molecule has 1 unspecified atom stereocenters. The Balaban J connectivity index is 2.50. The van der Waals surface area contributed by atoms with Crippen LogP contribution in [0.5, 0.6) is 0 Å². The molecule has 1 atom stereocenters. The second-order valence-electron chi connectivity index (χ2n) is 5.37. The third kappa shape index (κ3) is 5.39. The Morgan fingerprint density at radius 2 is 2.00 bits per heavy atom. The van der Waals surface area contributed by atoms with E-state index in [9.17, 15) is 9.18 Å². The molecular formula is C15H22FNO2. The van der Waals surface area contributed by atoms with Gasteiger partial charge in [-0.15, -0.1) is 0 Å². The molecule has 0 spiro atoms. The summed E-state index contributed by atoms with van der Waals surface area (Å²) in [6.45, 7) is 7.03. The SMILES string of the molecule is CC(C)CCC(C)NCc1ccc(C(=O)O)c(F)c1. The molecule has 0 aliphatic carbocycles. The minimum absolute atomic E-state index is 0.281. The number of halogens is 1. The van der Waals surface area contributed by atoms with E-state index in [-0.39, 0.29) is 5.56 Å². The molecule has 0 heterocycles. The van der Waals surface area contributed by atoms with Crippen LogP contribution in [0.3, 0.4) is 0 Å². The van der Waals surface area contributed by atoms with E-state index in [1.165, 1.54) is 12.1 Å². The van der Waals surface area contributed by atoms with Crippen LogP contribution in [0.25, 0.3) is 0 Å². The van der Waals surface area contributed by atoms with Gasteiger partial charge in [-0.3, -0.25) is 0 Å². The zero-order valence-corrected chi connectivity index (χ0v) is 11.7. The van der Waals surface area contributed by atoms with E-state index >= 15 is 0 Å². The number of carboxylic acids is 1. The van der Waals surface area contributed by atoms with Gasteiger partial charge >= 0.3 is 5.97 Å². The van der Waals surface area contributed by atoms with Crippen LogP contribution < -0.4 is 5.32 Å². The van der Waals surface area contributed by atoms with Gasteiger partial charge in [-0.2, -0.15) is 0 Å². The lowest BCUT2D eigenvalue weighted by atomic mass is 10.0. The van der Waals surface area contributed by atoms with E-state index in [0.29, 0.717) is 18.5 Å². The largest absolute Gasteiger partial charge is 0.478 e. The third-order valence-corrected chi connectivity index (χ3v) is 3.10. The number of benzene rings is 1. The molecule has 1 rings (SSSR count). The maximum Gasteiger partial charge on any atom is 0.338 e. The predicted molar refractivity (Wildman–Crippen MR) is 73.7 cm³/mol. The van der Waals surface area contributed by atoms with E-state index in [1.807, 2.05) is 0 Å². The molecule has 0 fully saturated rings. The van der Waals surface area contributed by atoms with Crippen molar-refractivity contribution in [2.75, 3.05) is 0 Å². The monoisotopic (exact) mass is 267 g/mol. The minimum Gasteiger partial charge on any atom is -0.478 e. The summed E-state index contributed by atoms with van der Waals surface area (Å²) in [5, 5.41) is 12.1. The number of hydrogen-bond acceptors (Lipinski definition) is 2. The van der Waals surface area contributed by atoms with Crippen LogP contribution in [0.2, 0.25) is 0 Å². The van der Waals surface area contributed by atoms with Gasteiger partial charge in [0.15, 0.2) is 0 Å². The van der Waals surface area contributed by atoms with Crippen molar-refractivity contribution in [2.45, 2.75) is 46.2 Å². The van der Waals surface area contributed by atoms with Gasteiger partial charge in [0.1, 0.15) is 5.82 Å². The molecule has 0 saturated carbocycles. The van der Waals surface area contributed by atoms with E-state index in [2.05, 4.69) is 26.1 Å². The normalized spacial score (nSPS) is 12.7. The highest BCUT2D eigenvalue weighted by atomic mass is 19.1. The molecule has 4 heteroatoms. The molecule has 0 aromatic heterocycles. The average molecular weight is 267 g/mol. The van der Waals surface area contributed by atoms with Crippen molar-refractivity contribution in [2.24, 2.45) is 5.92 Å². The zero-order valence-electron chi connectivity index (χ0n) is 11.7. The molecule has 0 aliphatic rings. The molecule has 0 bridgehead atoms. The Morgan fingerprint density at radius 3 is 2.53 bits per heavy atom. The average Bonchev–Trinajstić information content (AvgIpc) is 2.33. The molecule has 0 saturated heterocycles. The number of carbonyl (C=O) groups is 1. The van der Waals surface area contributed by atoms with Crippen molar-refractivity contribution < 1.29 is 14.3 Å². The Labute approximate surface area is 113 Å². The molecule has 3 nitrogen and oxygen atoms in total.